The number of carbonyl (C=O) groups excluding carboxylic acids is 1. The summed E-state index contributed by atoms with van der Waals surface area (Å²) in [5.74, 6) is -1.01. The average Bonchev–Trinajstić information content (AvgIpc) is 3.44. The smallest absolute Gasteiger partial charge is 0.233 e. The Morgan fingerprint density at radius 1 is 1.21 bits per heavy atom. The molecule has 150 valence electrons. The van der Waals surface area contributed by atoms with Gasteiger partial charge >= 0.3 is 0 Å². The Morgan fingerprint density at radius 2 is 1.96 bits per heavy atom. The summed E-state index contributed by atoms with van der Waals surface area (Å²) in [6.45, 7) is 5.08. The van der Waals surface area contributed by atoms with E-state index in [-0.39, 0.29) is 36.8 Å². The van der Waals surface area contributed by atoms with Crippen LogP contribution in [0.5, 0.6) is 5.75 Å². The van der Waals surface area contributed by atoms with Crippen LogP contribution in [-0.4, -0.2) is 25.0 Å². The molecule has 1 aliphatic rings. The number of rotatable bonds is 9. The van der Waals surface area contributed by atoms with Crippen LogP contribution in [0, 0.1) is 17.6 Å². The summed E-state index contributed by atoms with van der Waals surface area (Å²) in [5, 5.41) is 6.00. The lowest BCUT2D eigenvalue weighted by atomic mass is 10.1. The van der Waals surface area contributed by atoms with E-state index in [1.54, 1.807) is 0 Å². The second-order valence-corrected chi connectivity index (χ2v) is 7.61. The van der Waals surface area contributed by atoms with Crippen LogP contribution >= 0.6 is 0 Å². The van der Waals surface area contributed by atoms with Crippen molar-refractivity contribution in [2.24, 2.45) is 5.92 Å². The predicted molar refractivity (Wildman–Crippen MR) is 104 cm³/mol. The van der Waals surface area contributed by atoms with Crippen LogP contribution in [0.2, 0.25) is 0 Å². The van der Waals surface area contributed by atoms with Crippen molar-refractivity contribution in [2.75, 3.05) is 13.1 Å². The van der Waals surface area contributed by atoms with Crippen LogP contribution in [0.3, 0.4) is 0 Å². The van der Waals surface area contributed by atoms with Crippen molar-refractivity contribution in [2.45, 2.75) is 38.8 Å². The van der Waals surface area contributed by atoms with E-state index in [2.05, 4.69) is 10.6 Å². The summed E-state index contributed by atoms with van der Waals surface area (Å²) in [6.07, 6.45) is 0.710. The second-order valence-electron chi connectivity index (χ2n) is 7.61. The van der Waals surface area contributed by atoms with E-state index in [0.29, 0.717) is 24.4 Å². The topological polar surface area (TPSA) is 50.4 Å². The van der Waals surface area contributed by atoms with E-state index in [1.165, 1.54) is 6.07 Å². The Hall–Kier alpha value is -2.47. The maximum absolute atomic E-state index is 14.4. The molecule has 2 aromatic carbocycles. The number of halogens is 2. The minimum atomic E-state index is -0.703. The van der Waals surface area contributed by atoms with Gasteiger partial charge < -0.3 is 15.4 Å². The molecule has 0 spiro atoms. The highest BCUT2D eigenvalue weighted by atomic mass is 19.1. The van der Waals surface area contributed by atoms with E-state index in [9.17, 15) is 13.6 Å². The summed E-state index contributed by atoms with van der Waals surface area (Å²) in [6, 6.07) is 11.6. The Balaban J connectivity index is 1.61. The molecule has 0 saturated heterocycles. The third-order valence-electron chi connectivity index (χ3n) is 4.69. The molecule has 2 atom stereocenters. The third-order valence-corrected chi connectivity index (χ3v) is 4.69. The highest BCUT2D eigenvalue weighted by Crippen LogP contribution is 2.46. The third kappa shape index (κ3) is 5.52. The van der Waals surface area contributed by atoms with Crippen molar-refractivity contribution in [1.82, 2.24) is 10.6 Å². The molecule has 1 aliphatic carbocycles. The van der Waals surface area contributed by atoms with Gasteiger partial charge in [-0.1, -0.05) is 44.2 Å². The molecule has 0 aliphatic heterocycles. The average molecular weight is 388 g/mol. The molecule has 2 aromatic rings. The van der Waals surface area contributed by atoms with E-state index in [0.717, 1.165) is 11.6 Å². The molecule has 1 saturated carbocycles. The van der Waals surface area contributed by atoms with E-state index in [4.69, 9.17) is 4.74 Å². The first-order chi connectivity index (χ1) is 13.4. The number of hydrogen-bond acceptors (Lipinski definition) is 3. The molecule has 0 heterocycles. The number of nitrogens with one attached hydrogen (secondary N) is 2. The Kier molecular flexibility index (Phi) is 6.62. The van der Waals surface area contributed by atoms with Gasteiger partial charge in [-0.2, -0.15) is 0 Å². The lowest BCUT2D eigenvalue weighted by Crippen LogP contribution is -2.36. The summed E-state index contributed by atoms with van der Waals surface area (Å²) in [5.41, 5.74) is 1.41. The van der Waals surface area contributed by atoms with Gasteiger partial charge in [-0.05, 0) is 24.0 Å². The van der Waals surface area contributed by atoms with Crippen molar-refractivity contribution in [1.29, 1.82) is 0 Å². The summed E-state index contributed by atoms with van der Waals surface area (Å²) in [7, 11) is 0. The van der Waals surface area contributed by atoms with Crippen LogP contribution in [0.15, 0.2) is 42.5 Å². The maximum Gasteiger partial charge on any atom is 0.233 e. The minimum Gasteiger partial charge on any atom is -0.486 e. The van der Waals surface area contributed by atoms with E-state index >= 15 is 0 Å². The van der Waals surface area contributed by atoms with Crippen LogP contribution in [-0.2, 0) is 11.4 Å². The monoisotopic (exact) mass is 388 g/mol. The minimum absolute atomic E-state index is 0.00470. The van der Waals surface area contributed by atoms with Gasteiger partial charge in [-0.15, -0.1) is 0 Å². The fraction of sp³-hybridized carbons (Fsp3) is 0.409. The van der Waals surface area contributed by atoms with Crippen molar-refractivity contribution in [3.8, 4) is 5.75 Å². The summed E-state index contributed by atoms with van der Waals surface area (Å²) >= 11 is 0. The maximum atomic E-state index is 14.4. The molecular formula is C22H26F2N2O2. The number of benzene rings is 2. The standard InChI is InChI=1S/C22H26F2N2O2/c1-14(2)11-26-21(27)12-25-20-10-17(20)18-8-16(23)9-19(24)22(18)28-13-15-6-4-3-5-7-15/h3-9,14,17,20,25H,10-13H2,1-2H3,(H,26,27)/t17-,20+/m0/s1. The quantitative estimate of drug-likeness (QED) is 0.688. The normalized spacial score (nSPS) is 18.2. The van der Waals surface area contributed by atoms with Gasteiger partial charge in [0.2, 0.25) is 5.91 Å². The zero-order valence-corrected chi connectivity index (χ0v) is 16.2. The Bertz CT molecular complexity index is 812. The van der Waals surface area contributed by atoms with Crippen LogP contribution in [0.1, 0.15) is 37.3 Å². The van der Waals surface area contributed by atoms with Crippen molar-refractivity contribution in [3.05, 3.63) is 65.2 Å². The molecule has 0 unspecified atom stereocenters. The van der Waals surface area contributed by atoms with Crippen molar-refractivity contribution >= 4 is 5.91 Å². The number of hydrogen-bond donors (Lipinski definition) is 2. The van der Waals surface area contributed by atoms with Gasteiger partial charge in [0.15, 0.2) is 11.6 Å². The van der Waals surface area contributed by atoms with Gasteiger partial charge in [0.05, 0.1) is 6.54 Å². The molecule has 2 N–H and O–H groups in total. The van der Waals surface area contributed by atoms with Crippen molar-refractivity contribution < 1.29 is 18.3 Å². The second kappa shape index (κ2) is 9.15. The molecule has 28 heavy (non-hydrogen) atoms. The molecule has 4 nitrogen and oxygen atoms in total. The number of carbonyl (C=O) groups is 1. The molecule has 0 radical (unpaired) electrons. The highest BCUT2D eigenvalue weighted by molar-refractivity contribution is 5.78. The van der Waals surface area contributed by atoms with Crippen molar-refractivity contribution in [3.63, 3.8) is 0 Å². The highest BCUT2D eigenvalue weighted by Gasteiger charge is 2.41. The first-order valence-corrected chi connectivity index (χ1v) is 9.59. The van der Waals surface area contributed by atoms with Gasteiger partial charge in [0, 0.05) is 30.1 Å². The lowest BCUT2D eigenvalue weighted by molar-refractivity contribution is -0.120. The van der Waals surface area contributed by atoms with E-state index < -0.39 is 11.6 Å². The first kappa shape index (κ1) is 20.3. The molecule has 0 bridgehead atoms. The lowest BCUT2D eigenvalue weighted by Gasteiger charge is -2.13. The van der Waals surface area contributed by atoms with Gasteiger partial charge in [0.25, 0.3) is 0 Å². The number of amides is 1. The molecule has 1 amide bonds. The largest absolute Gasteiger partial charge is 0.486 e. The SMILES string of the molecule is CC(C)CNC(=O)CN[C@@H]1C[C@H]1c1cc(F)cc(F)c1OCc1ccccc1. The number of ether oxygens (including phenoxy) is 1. The molecule has 1 fully saturated rings. The molecule has 0 aromatic heterocycles. The Morgan fingerprint density at radius 3 is 2.68 bits per heavy atom. The van der Waals surface area contributed by atoms with Crippen LogP contribution < -0.4 is 15.4 Å². The molecule has 6 heteroatoms. The Labute approximate surface area is 164 Å². The van der Waals surface area contributed by atoms with Gasteiger partial charge in [0.1, 0.15) is 12.4 Å². The fourth-order valence-electron chi connectivity index (χ4n) is 3.11. The zero-order valence-electron chi connectivity index (χ0n) is 16.2. The summed E-state index contributed by atoms with van der Waals surface area (Å²) in [4.78, 5) is 11.8. The van der Waals surface area contributed by atoms with Crippen LogP contribution in [0.25, 0.3) is 0 Å². The van der Waals surface area contributed by atoms with Gasteiger partial charge in [-0.3, -0.25) is 4.79 Å². The molecular weight excluding hydrogens is 362 g/mol. The fourth-order valence-corrected chi connectivity index (χ4v) is 3.11. The first-order valence-electron chi connectivity index (χ1n) is 9.59. The van der Waals surface area contributed by atoms with Crippen LogP contribution in [0.4, 0.5) is 8.78 Å². The zero-order chi connectivity index (χ0) is 20.1. The predicted octanol–water partition coefficient (Wildman–Crippen LogP) is 3.76. The van der Waals surface area contributed by atoms with E-state index in [1.807, 2.05) is 44.2 Å². The van der Waals surface area contributed by atoms with Gasteiger partial charge in [-0.25, -0.2) is 8.78 Å². The summed E-state index contributed by atoms with van der Waals surface area (Å²) < 4.78 is 33.9. The molecule has 3 rings (SSSR count).